The van der Waals surface area contributed by atoms with Gasteiger partial charge in [0.2, 0.25) is 0 Å². The van der Waals surface area contributed by atoms with Crippen molar-refractivity contribution >= 4 is 0 Å². The van der Waals surface area contributed by atoms with Gasteiger partial charge >= 0.3 is 0 Å². The van der Waals surface area contributed by atoms with Crippen molar-refractivity contribution in [2.75, 3.05) is 20.8 Å². The molecular weight excluding hydrogens is 268 g/mol. The molecule has 1 aromatic heterocycles. The minimum Gasteiger partial charge on any atom is -0.497 e. The number of aromatic nitrogens is 3. The fourth-order valence-corrected chi connectivity index (χ4v) is 2.77. The zero-order valence-electron chi connectivity index (χ0n) is 12.4. The molecule has 0 amide bonds. The predicted octanol–water partition coefficient (Wildman–Crippen LogP) is 1.48. The Morgan fingerprint density at radius 3 is 2.86 bits per heavy atom. The molecule has 2 N–H and O–H groups in total. The molecule has 0 radical (unpaired) electrons. The zero-order valence-corrected chi connectivity index (χ0v) is 12.4. The van der Waals surface area contributed by atoms with Crippen LogP contribution in [0.2, 0.25) is 0 Å². The third kappa shape index (κ3) is 2.47. The summed E-state index contributed by atoms with van der Waals surface area (Å²) in [4.78, 5) is 0. The van der Waals surface area contributed by atoms with E-state index in [0.717, 1.165) is 48.1 Å². The molecule has 0 aliphatic carbocycles. The zero-order chi connectivity index (χ0) is 14.8. The first kappa shape index (κ1) is 13.9. The van der Waals surface area contributed by atoms with Crippen LogP contribution in [0.25, 0.3) is 11.4 Å². The molecule has 6 nitrogen and oxygen atoms in total. The fourth-order valence-electron chi connectivity index (χ4n) is 2.77. The van der Waals surface area contributed by atoms with Crippen LogP contribution in [0.15, 0.2) is 18.2 Å². The summed E-state index contributed by atoms with van der Waals surface area (Å²) in [6.45, 7) is 1.56. The Hall–Kier alpha value is -2.08. The van der Waals surface area contributed by atoms with Gasteiger partial charge in [0.15, 0.2) is 5.82 Å². The average molecular weight is 288 g/mol. The van der Waals surface area contributed by atoms with Gasteiger partial charge in [0, 0.05) is 19.0 Å². The summed E-state index contributed by atoms with van der Waals surface area (Å²) in [6, 6.07) is 5.73. The molecule has 1 aliphatic rings. The second-order valence-electron chi connectivity index (χ2n) is 5.26. The number of aryl methyl sites for hydroxylation is 1. The number of nitrogens with zero attached hydrogens (tertiary/aromatic N) is 3. The van der Waals surface area contributed by atoms with Gasteiger partial charge in [-0.25, -0.2) is 0 Å². The van der Waals surface area contributed by atoms with E-state index in [2.05, 4.69) is 14.8 Å². The Labute approximate surface area is 123 Å². The van der Waals surface area contributed by atoms with E-state index in [9.17, 15) is 0 Å². The van der Waals surface area contributed by atoms with Crippen LogP contribution in [-0.4, -0.2) is 35.5 Å². The lowest BCUT2D eigenvalue weighted by Gasteiger charge is -2.23. The van der Waals surface area contributed by atoms with Gasteiger partial charge in [-0.1, -0.05) is 0 Å². The van der Waals surface area contributed by atoms with Crippen molar-refractivity contribution in [3.05, 3.63) is 24.0 Å². The highest BCUT2D eigenvalue weighted by Gasteiger charge is 2.24. The topological polar surface area (TPSA) is 75.2 Å². The maximum Gasteiger partial charge on any atom is 0.167 e. The summed E-state index contributed by atoms with van der Waals surface area (Å²) in [5, 5.41) is 8.66. The summed E-state index contributed by atoms with van der Waals surface area (Å²) in [6.07, 6.45) is 2.00. The molecule has 3 rings (SSSR count). The average Bonchev–Trinajstić information content (AvgIpc) is 2.96. The summed E-state index contributed by atoms with van der Waals surface area (Å²) in [5.41, 5.74) is 6.74. The van der Waals surface area contributed by atoms with Crippen LogP contribution in [0.3, 0.4) is 0 Å². The monoisotopic (exact) mass is 288 g/mol. The van der Waals surface area contributed by atoms with Crippen LogP contribution in [-0.2, 0) is 13.0 Å². The van der Waals surface area contributed by atoms with Crippen molar-refractivity contribution < 1.29 is 9.47 Å². The summed E-state index contributed by atoms with van der Waals surface area (Å²) in [5.74, 6) is 3.83. The highest BCUT2D eigenvalue weighted by atomic mass is 16.5. The molecule has 0 fully saturated rings. The van der Waals surface area contributed by atoms with E-state index in [1.807, 2.05) is 18.2 Å². The highest BCUT2D eigenvalue weighted by Crippen LogP contribution is 2.34. The number of ether oxygens (including phenoxy) is 2. The van der Waals surface area contributed by atoms with Crippen molar-refractivity contribution in [2.24, 2.45) is 11.7 Å². The third-order valence-electron chi connectivity index (χ3n) is 4.03. The Morgan fingerprint density at radius 2 is 2.14 bits per heavy atom. The van der Waals surface area contributed by atoms with Gasteiger partial charge in [-0.15, -0.1) is 10.2 Å². The maximum absolute atomic E-state index is 5.82. The Balaban J connectivity index is 2.04. The summed E-state index contributed by atoms with van der Waals surface area (Å²) in [7, 11) is 3.29. The largest absolute Gasteiger partial charge is 0.497 e. The fraction of sp³-hybridized carbons (Fsp3) is 0.467. The smallest absolute Gasteiger partial charge is 0.167 e. The number of hydrogen-bond donors (Lipinski definition) is 1. The number of benzene rings is 1. The standard InChI is InChI=1S/C15H20N4O2/c1-20-11-4-5-12(13(7-11)21-2)15-18-17-14-6-3-10(8-16)9-19(14)15/h4-5,7,10H,3,6,8-9,16H2,1-2H3. The first-order chi connectivity index (χ1) is 10.3. The molecular formula is C15H20N4O2. The number of hydrogen-bond acceptors (Lipinski definition) is 5. The number of fused-ring (bicyclic) bond motifs is 1. The molecule has 0 bridgehead atoms. The molecule has 2 heterocycles. The Morgan fingerprint density at radius 1 is 1.29 bits per heavy atom. The molecule has 0 spiro atoms. The van der Waals surface area contributed by atoms with Crippen molar-refractivity contribution in [2.45, 2.75) is 19.4 Å². The van der Waals surface area contributed by atoms with Crippen LogP contribution >= 0.6 is 0 Å². The van der Waals surface area contributed by atoms with Gasteiger partial charge < -0.3 is 19.8 Å². The lowest BCUT2D eigenvalue weighted by Crippen LogP contribution is -2.26. The molecule has 0 saturated carbocycles. The lowest BCUT2D eigenvalue weighted by molar-refractivity contribution is 0.374. The van der Waals surface area contributed by atoms with Gasteiger partial charge in [-0.05, 0) is 31.0 Å². The van der Waals surface area contributed by atoms with E-state index in [-0.39, 0.29) is 0 Å². The summed E-state index contributed by atoms with van der Waals surface area (Å²) < 4.78 is 12.9. The molecule has 2 aromatic rings. The molecule has 1 unspecified atom stereocenters. The van der Waals surface area contributed by atoms with Crippen LogP contribution in [0, 0.1) is 5.92 Å². The van der Waals surface area contributed by atoms with E-state index in [1.54, 1.807) is 14.2 Å². The second-order valence-corrected chi connectivity index (χ2v) is 5.26. The van der Waals surface area contributed by atoms with Crippen LogP contribution in [0.4, 0.5) is 0 Å². The van der Waals surface area contributed by atoms with Gasteiger partial charge in [0.05, 0.1) is 19.8 Å². The molecule has 0 saturated heterocycles. The van der Waals surface area contributed by atoms with Crippen molar-refractivity contribution in [1.29, 1.82) is 0 Å². The minimum atomic E-state index is 0.483. The van der Waals surface area contributed by atoms with Gasteiger partial charge in [-0.2, -0.15) is 0 Å². The minimum absolute atomic E-state index is 0.483. The predicted molar refractivity (Wildman–Crippen MR) is 79.4 cm³/mol. The van der Waals surface area contributed by atoms with Crippen molar-refractivity contribution in [3.8, 4) is 22.9 Å². The van der Waals surface area contributed by atoms with Crippen molar-refractivity contribution in [3.63, 3.8) is 0 Å². The van der Waals surface area contributed by atoms with Gasteiger partial charge in [0.25, 0.3) is 0 Å². The van der Waals surface area contributed by atoms with Crippen molar-refractivity contribution in [1.82, 2.24) is 14.8 Å². The lowest BCUT2D eigenvalue weighted by atomic mass is 9.99. The van der Waals surface area contributed by atoms with E-state index in [1.165, 1.54) is 0 Å². The third-order valence-corrected chi connectivity index (χ3v) is 4.03. The molecule has 1 atom stereocenters. The van der Waals surface area contributed by atoms with Crippen LogP contribution < -0.4 is 15.2 Å². The molecule has 21 heavy (non-hydrogen) atoms. The van der Waals surface area contributed by atoms with E-state index in [0.29, 0.717) is 12.5 Å². The highest BCUT2D eigenvalue weighted by molar-refractivity contribution is 5.66. The van der Waals surface area contributed by atoms with E-state index >= 15 is 0 Å². The second kappa shape index (κ2) is 5.73. The summed E-state index contributed by atoms with van der Waals surface area (Å²) >= 11 is 0. The molecule has 112 valence electrons. The molecule has 6 heteroatoms. The van der Waals surface area contributed by atoms with Gasteiger partial charge in [0.1, 0.15) is 17.3 Å². The SMILES string of the molecule is COc1ccc(-c2nnc3n2CC(CN)CC3)c(OC)c1. The number of methoxy groups -OCH3 is 2. The normalized spacial score (nSPS) is 17.4. The van der Waals surface area contributed by atoms with Gasteiger partial charge in [-0.3, -0.25) is 0 Å². The maximum atomic E-state index is 5.82. The number of rotatable bonds is 4. The molecule has 1 aliphatic heterocycles. The van der Waals surface area contributed by atoms with Crippen LogP contribution in [0.5, 0.6) is 11.5 Å². The van der Waals surface area contributed by atoms with E-state index < -0.39 is 0 Å². The van der Waals surface area contributed by atoms with Crippen LogP contribution in [0.1, 0.15) is 12.2 Å². The first-order valence-electron chi connectivity index (χ1n) is 7.11. The number of nitrogens with two attached hydrogens (primary N) is 1. The Bertz CT molecular complexity index is 639. The van der Waals surface area contributed by atoms with E-state index in [4.69, 9.17) is 15.2 Å². The molecule has 1 aromatic carbocycles. The quantitative estimate of drug-likeness (QED) is 0.922. The Kier molecular flexibility index (Phi) is 3.79. The first-order valence-corrected chi connectivity index (χ1v) is 7.11.